The number of aryl methyl sites for hydroxylation is 1. The lowest BCUT2D eigenvalue weighted by molar-refractivity contribution is -0.137. The quantitative estimate of drug-likeness (QED) is 0.393. The van der Waals surface area contributed by atoms with Gasteiger partial charge in [0.1, 0.15) is 5.75 Å². The Hall–Kier alpha value is -4.05. The molecule has 0 unspecified atom stereocenters. The Labute approximate surface area is 209 Å². The Morgan fingerprint density at radius 2 is 1.81 bits per heavy atom. The first kappa shape index (κ1) is 25.1. The summed E-state index contributed by atoms with van der Waals surface area (Å²) in [6, 6.07) is 18.3. The Bertz CT molecular complexity index is 1350. The average Bonchev–Trinajstić information content (AvgIpc) is 3.12. The van der Waals surface area contributed by atoms with E-state index in [1.165, 1.54) is 18.2 Å². The van der Waals surface area contributed by atoms with Crippen LogP contribution in [-0.4, -0.2) is 23.6 Å². The molecule has 3 aromatic carbocycles. The number of halogens is 3. The third kappa shape index (κ3) is 5.77. The number of hydrogen-bond donors (Lipinski definition) is 2. The number of amides is 2. The summed E-state index contributed by atoms with van der Waals surface area (Å²) in [7, 11) is 0. The second kappa shape index (κ2) is 10.3. The van der Waals surface area contributed by atoms with E-state index >= 15 is 0 Å². The molecule has 1 saturated heterocycles. The summed E-state index contributed by atoms with van der Waals surface area (Å²) in [4.78, 5) is 26.3. The molecule has 6 nitrogen and oxygen atoms in total. The number of benzene rings is 3. The summed E-state index contributed by atoms with van der Waals surface area (Å²) in [5.41, 5.74) is 1.21. The van der Waals surface area contributed by atoms with Crippen molar-refractivity contribution in [1.29, 1.82) is 5.41 Å². The van der Waals surface area contributed by atoms with Crippen molar-refractivity contribution in [3.63, 3.8) is 0 Å². The fourth-order valence-corrected chi connectivity index (χ4v) is 4.25. The molecule has 0 aliphatic carbocycles. The zero-order valence-electron chi connectivity index (χ0n) is 18.9. The van der Waals surface area contributed by atoms with Crippen molar-refractivity contribution in [2.45, 2.75) is 13.1 Å². The number of nitrogens with one attached hydrogen (secondary N) is 2. The van der Waals surface area contributed by atoms with Gasteiger partial charge in [0, 0.05) is 11.3 Å². The number of nitrogens with zero attached hydrogens (tertiary/aromatic N) is 1. The van der Waals surface area contributed by atoms with Gasteiger partial charge >= 0.3 is 6.18 Å². The molecule has 0 saturated carbocycles. The second-order valence-electron chi connectivity index (χ2n) is 7.85. The SMILES string of the molecule is Cc1ccc(NC(=O)COc2ccccc2/C=C2\SC(=N)N(c3cccc(C(F)(F)F)c3)C2=O)cc1. The van der Waals surface area contributed by atoms with Gasteiger partial charge in [0.15, 0.2) is 11.8 Å². The van der Waals surface area contributed by atoms with E-state index in [1.807, 2.05) is 19.1 Å². The van der Waals surface area contributed by atoms with Crippen LogP contribution in [0.1, 0.15) is 16.7 Å². The fraction of sp³-hybridized carbons (Fsp3) is 0.115. The Balaban J connectivity index is 1.50. The van der Waals surface area contributed by atoms with E-state index in [2.05, 4.69) is 5.32 Å². The first-order valence-electron chi connectivity index (χ1n) is 10.7. The van der Waals surface area contributed by atoms with E-state index in [4.69, 9.17) is 10.1 Å². The van der Waals surface area contributed by atoms with Gasteiger partial charge in [-0.3, -0.25) is 19.9 Å². The number of para-hydroxylation sites is 1. The van der Waals surface area contributed by atoms with E-state index in [0.717, 1.165) is 34.4 Å². The van der Waals surface area contributed by atoms with Crippen molar-refractivity contribution >= 4 is 46.2 Å². The molecule has 0 atom stereocenters. The van der Waals surface area contributed by atoms with Crippen LogP contribution in [0, 0.1) is 12.3 Å². The second-order valence-corrected chi connectivity index (χ2v) is 8.88. The van der Waals surface area contributed by atoms with Crippen LogP contribution in [0.2, 0.25) is 0 Å². The van der Waals surface area contributed by atoms with Crippen molar-refractivity contribution in [1.82, 2.24) is 0 Å². The topological polar surface area (TPSA) is 82.5 Å². The van der Waals surface area contributed by atoms with Crippen LogP contribution in [-0.2, 0) is 15.8 Å². The number of carbonyl (C=O) groups is 2. The lowest BCUT2D eigenvalue weighted by atomic mass is 10.1. The molecule has 0 bridgehead atoms. The van der Waals surface area contributed by atoms with Crippen LogP contribution in [0.3, 0.4) is 0 Å². The van der Waals surface area contributed by atoms with E-state index in [0.29, 0.717) is 17.0 Å². The van der Waals surface area contributed by atoms with Gasteiger partial charge in [0.2, 0.25) is 0 Å². The molecule has 0 aromatic heterocycles. The van der Waals surface area contributed by atoms with E-state index in [1.54, 1.807) is 36.4 Å². The van der Waals surface area contributed by atoms with E-state index < -0.39 is 17.6 Å². The Kier molecular flexibility index (Phi) is 7.16. The van der Waals surface area contributed by atoms with Gasteiger partial charge in [-0.2, -0.15) is 13.2 Å². The van der Waals surface area contributed by atoms with Gasteiger partial charge in [-0.15, -0.1) is 0 Å². The lowest BCUT2D eigenvalue weighted by Gasteiger charge is -2.16. The highest BCUT2D eigenvalue weighted by Gasteiger charge is 2.36. The minimum Gasteiger partial charge on any atom is -0.483 e. The maximum absolute atomic E-state index is 13.1. The predicted molar refractivity (Wildman–Crippen MR) is 134 cm³/mol. The summed E-state index contributed by atoms with van der Waals surface area (Å²) < 4.78 is 45.0. The van der Waals surface area contributed by atoms with Crippen LogP contribution < -0.4 is 15.0 Å². The largest absolute Gasteiger partial charge is 0.483 e. The van der Waals surface area contributed by atoms with Gasteiger partial charge < -0.3 is 10.1 Å². The molecule has 2 N–H and O–H groups in total. The molecule has 4 rings (SSSR count). The average molecular weight is 512 g/mol. The van der Waals surface area contributed by atoms with E-state index in [9.17, 15) is 22.8 Å². The zero-order chi connectivity index (χ0) is 25.9. The van der Waals surface area contributed by atoms with Crippen LogP contribution in [0.25, 0.3) is 6.08 Å². The van der Waals surface area contributed by atoms with Gasteiger partial charge in [-0.05, 0) is 61.2 Å². The highest BCUT2D eigenvalue weighted by molar-refractivity contribution is 8.19. The van der Waals surface area contributed by atoms with Crippen LogP contribution in [0.15, 0.2) is 77.7 Å². The van der Waals surface area contributed by atoms with Gasteiger partial charge in [-0.25, -0.2) is 0 Å². The standard InChI is InChI=1S/C26H20F3N3O3S/c1-16-9-11-19(12-10-16)31-23(33)15-35-21-8-3-2-5-17(21)13-22-24(34)32(25(30)36-22)20-7-4-6-18(14-20)26(27,28)29/h2-14,30H,15H2,1H3,(H,31,33)/b22-13-,30-25?. The Morgan fingerprint density at radius 3 is 2.53 bits per heavy atom. The number of hydrogen-bond acceptors (Lipinski definition) is 5. The summed E-state index contributed by atoms with van der Waals surface area (Å²) in [6.07, 6.45) is -3.09. The molecule has 1 heterocycles. The first-order valence-corrected chi connectivity index (χ1v) is 11.5. The van der Waals surface area contributed by atoms with Crippen LogP contribution in [0.5, 0.6) is 5.75 Å². The van der Waals surface area contributed by atoms with Crippen LogP contribution in [0.4, 0.5) is 24.5 Å². The summed E-state index contributed by atoms with van der Waals surface area (Å²) >= 11 is 0.825. The number of alkyl halides is 3. The number of thioether (sulfide) groups is 1. The smallest absolute Gasteiger partial charge is 0.416 e. The van der Waals surface area contributed by atoms with Crippen molar-refractivity contribution < 1.29 is 27.5 Å². The maximum Gasteiger partial charge on any atom is 0.416 e. The summed E-state index contributed by atoms with van der Waals surface area (Å²) in [5.74, 6) is -0.664. The molecular formula is C26H20F3N3O3S. The molecule has 1 fully saturated rings. The predicted octanol–water partition coefficient (Wildman–Crippen LogP) is 6.09. The molecule has 1 aliphatic heterocycles. The maximum atomic E-state index is 13.1. The Morgan fingerprint density at radius 1 is 1.08 bits per heavy atom. The highest BCUT2D eigenvalue weighted by atomic mass is 32.2. The van der Waals surface area contributed by atoms with Crippen molar-refractivity contribution in [2.75, 3.05) is 16.8 Å². The van der Waals surface area contributed by atoms with Gasteiger partial charge in [0.05, 0.1) is 16.2 Å². The summed E-state index contributed by atoms with van der Waals surface area (Å²) in [5, 5.41) is 10.7. The number of carbonyl (C=O) groups excluding carboxylic acids is 2. The number of anilines is 2. The number of amidine groups is 1. The number of rotatable bonds is 6. The minimum atomic E-state index is -4.57. The molecular weight excluding hydrogens is 491 g/mol. The third-order valence-electron chi connectivity index (χ3n) is 5.15. The molecule has 1 aliphatic rings. The zero-order valence-corrected chi connectivity index (χ0v) is 19.7. The first-order chi connectivity index (χ1) is 17.1. The molecule has 2 amide bonds. The normalized spacial score (nSPS) is 14.9. The van der Waals surface area contributed by atoms with Crippen molar-refractivity contribution in [3.05, 3.63) is 94.4 Å². The molecule has 0 radical (unpaired) electrons. The highest BCUT2D eigenvalue weighted by Crippen LogP contribution is 2.38. The molecule has 3 aromatic rings. The molecule has 184 valence electrons. The van der Waals surface area contributed by atoms with Gasteiger partial charge in [0.25, 0.3) is 11.8 Å². The third-order valence-corrected chi connectivity index (χ3v) is 6.04. The van der Waals surface area contributed by atoms with Crippen LogP contribution >= 0.6 is 11.8 Å². The minimum absolute atomic E-state index is 0.0481. The monoisotopic (exact) mass is 511 g/mol. The van der Waals surface area contributed by atoms with E-state index in [-0.39, 0.29) is 28.3 Å². The molecule has 0 spiro atoms. The molecule has 10 heteroatoms. The van der Waals surface area contributed by atoms with Crippen molar-refractivity contribution in [2.24, 2.45) is 0 Å². The molecule has 36 heavy (non-hydrogen) atoms. The van der Waals surface area contributed by atoms with Crippen molar-refractivity contribution in [3.8, 4) is 5.75 Å². The fourth-order valence-electron chi connectivity index (χ4n) is 3.39. The van der Waals surface area contributed by atoms with Gasteiger partial charge in [-0.1, -0.05) is 42.0 Å². The lowest BCUT2D eigenvalue weighted by Crippen LogP contribution is -2.28. The summed E-state index contributed by atoms with van der Waals surface area (Å²) in [6.45, 7) is 1.66. The number of ether oxygens (including phenoxy) is 1.